The summed E-state index contributed by atoms with van der Waals surface area (Å²) in [6.45, 7) is 6.52. The molecule has 122 valence electrons. The first-order chi connectivity index (χ1) is 10.4. The number of carbonyl (C=O) groups is 1. The van der Waals surface area contributed by atoms with Crippen LogP contribution in [0.4, 0.5) is 5.69 Å². The summed E-state index contributed by atoms with van der Waals surface area (Å²) in [5.41, 5.74) is 2.09. The monoisotopic (exact) mass is 306 g/mol. The van der Waals surface area contributed by atoms with Crippen LogP contribution in [0.3, 0.4) is 0 Å². The van der Waals surface area contributed by atoms with Gasteiger partial charge in [-0.3, -0.25) is 4.79 Å². The van der Waals surface area contributed by atoms with Crippen molar-refractivity contribution in [3.8, 4) is 5.75 Å². The number of benzene rings is 1. The fourth-order valence-corrected chi connectivity index (χ4v) is 2.50. The molecule has 0 aromatic heterocycles. The Morgan fingerprint density at radius 2 is 2.14 bits per heavy atom. The maximum absolute atomic E-state index is 11.9. The molecule has 1 aromatic rings. The quantitative estimate of drug-likeness (QED) is 0.886. The first-order valence-electron chi connectivity index (χ1n) is 7.81. The number of fused-ring (bicyclic) bond motifs is 1. The molecule has 2 N–H and O–H groups in total. The van der Waals surface area contributed by atoms with E-state index in [9.17, 15) is 9.90 Å². The van der Waals surface area contributed by atoms with E-state index in [1.165, 1.54) is 0 Å². The zero-order valence-electron chi connectivity index (χ0n) is 13.8. The number of rotatable bonds is 4. The summed E-state index contributed by atoms with van der Waals surface area (Å²) in [7, 11) is 1.90. The molecule has 5 heteroatoms. The molecule has 0 aliphatic carbocycles. The van der Waals surface area contributed by atoms with Crippen LogP contribution >= 0.6 is 0 Å². The first kappa shape index (κ1) is 16.6. The summed E-state index contributed by atoms with van der Waals surface area (Å²) in [6, 6.07) is 5.74. The van der Waals surface area contributed by atoms with Crippen LogP contribution in [0.1, 0.15) is 26.3 Å². The van der Waals surface area contributed by atoms with E-state index < -0.39 is 0 Å². The molecule has 0 saturated carbocycles. The highest BCUT2D eigenvalue weighted by Gasteiger charge is 2.22. The minimum Gasteiger partial charge on any atom is -0.490 e. The van der Waals surface area contributed by atoms with Crippen molar-refractivity contribution < 1.29 is 14.6 Å². The highest BCUT2D eigenvalue weighted by molar-refractivity contribution is 5.82. The lowest BCUT2D eigenvalue weighted by Gasteiger charge is -2.29. The lowest BCUT2D eigenvalue weighted by Crippen LogP contribution is -2.46. The predicted molar refractivity (Wildman–Crippen MR) is 87.4 cm³/mol. The maximum atomic E-state index is 11.9. The second-order valence-corrected chi connectivity index (χ2v) is 6.36. The van der Waals surface area contributed by atoms with E-state index in [0.29, 0.717) is 12.3 Å². The Balaban J connectivity index is 2.28. The molecule has 2 unspecified atom stereocenters. The van der Waals surface area contributed by atoms with Gasteiger partial charge in [0.15, 0.2) is 0 Å². The van der Waals surface area contributed by atoms with Crippen LogP contribution < -0.4 is 15.0 Å². The smallest absolute Gasteiger partial charge is 0.239 e. The summed E-state index contributed by atoms with van der Waals surface area (Å²) < 4.78 is 5.97. The van der Waals surface area contributed by atoms with Crippen LogP contribution in [-0.4, -0.2) is 43.4 Å². The van der Waals surface area contributed by atoms with Crippen molar-refractivity contribution in [2.24, 2.45) is 5.92 Å². The molecule has 5 nitrogen and oxygen atoms in total. The Bertz CT molecular complexity index is 531. The topological polar surface area (TPSA) is 61.8 Å². The molecule has 1 aliphatic rings. The van der Waals surface area contributed by atoms with Crippen LogP contribution in [0.15, 0.2) is 18.2 Å². The Kier molecular flexibility index (Phi) is 5.29. The number of amides is 1. The van der Waals surface area contributed by atoms with E-state index in [-0.39, 0.29) is 31.2 Å². The Morgan fingerprint density at radius 3 is 2.77 bits per heavy atom. The predicted octanol–water partition coefficient (Wildman–Crippen LogP) is 1.58. The summed E-state index contributed by atoms with van der Waals surface area (Å²) in [6.07, 6.45) is 0.743. The minimum absolute atomic E-state index is 0.0580. The van der Waals surface area contributed by atoms with Crippen LogP contribution in [0.5, 0.6) is 5.75 Å². The zero-order valence-corrected chi connectivity index (χ0v) is 13.8. The number of carbonyl (C=O) groups excluding carboxylic acids is 1. The van der Waals surface area contributed by atoms with Gasteiger partial charge in [-0.1, -0.05) is 19.9 Å². The van der Waals surface area contributed by atoms with Crippen molar-refractivity contribution in [1.82, 2.24) is 5.32 Å². The van der Waals surface area contributed by atoms with Gasteiger partial charge in [0.25, 0.3) is 0 Å². The van der Waals surface area contributed by atoms with Gasteiger partial charge in [-0.15, -0.1) is 0 Å². The van der Waals surface area contributed by atoms with E-state index in [0.717, 1.165) is 17.0 Å². The van der Waals surface area contributed by atoms with Crippen LogP contribution in [0.25, 0.3) is 0 Å². The third kappa shape index (κ3) is 3.91. The van der Waals surface area contributed by atoms with Crippen LogP contribution in [-0.2, 0) is 11.2 Å². The molecule has 0 radical (unpaired) electrons. The second-order valence-electron chi connectivity index (χ2n) is 6.36. The molecule has 1 aromatic carbocycles. The minimum atomic E-state index is -0.235. The Hall–Kier alpha value is -1.75. The summed E-state index contributed by atoms with van der Waals surface area (Å²) in [5.74, 6) is 1.17. The third-order valence-corrected chi connectivity index (χ3v) is 4.16. The number of nitrogens with one attached hydrogen (secondary N) is 1. The first-order valence-corrected chi connectivity index (χ1v) is 7.81. The van der Waals surface area contributed by atoms with Crippen LogP contribution in [0.2, 0.25) is 0 Å². The number of likely N-dealkylation sites (N-methyl/N-ethyl adjacent to an activating group) is 1. The van der Waals surface area contributed by atoms with Crippen molar-refractivity contribution in [1.29, 1.82) is 0 Å². The van der Waals surface area contributed by atoms with E-state index in [1.807, 2.05) is 30.1 Å². The molecule has 0 saturated heterocycles. The highest BCUT2D eigenvalue weighted by Crippen LogP contribution is 2.28. The summed E-state index contributed by atoms with van der Waals surface area (Å²) >= 11 is 0. The summed E-state index contributed by atoms with van der Waals surface area (Å²) in [4.78, 5) is 13.8. The Labute approximate surface area is 132 Å². The van der Waals surface area contributed by atoms with E-state index in [2.05, 4.69) is 26.1 Å². The SMILES string of the molecule is CC(C)C(C)Oc1ccc2c(c1)N(C)CC(=O)NC(CO)C2. The largest absolute Gasteiger partial charge is 0.490 e. The van der Waals surface area contributed by atoms with Gasteiger partial charge in [-0.2, -0.15) is 0 Å². The van der Waals surface area contributed by atoms with Gasteiger partial charge in [-0.05, 0) is 30.9 Å². The molecular weight excluding hydrogens is 280 g/mol. The van der Waals surface area contributed by atoms with Crippen molar-refractivity contribution in [2.75, 3.05) is 25.1 Å². The molecular formula is C17H26N2O3. The molecule has 0 fully saturated rings. The molecule has 0 bridgehead atoms. The zero-order chi connectivity index (χ0) is 16.3. The van der Waals surface area contributed by atoms with Gasteiger partial charge in [0.1, 0.15) is 5.75 Å². The van der Waals surface area contributed by atoms with Crippen LogP contribution in [0, 0.1) is 5.92 Å². The number of hydrogen-bond acceptors (Lipinski definition) is 4. The van der Waals surface area contributed by atoms with E-state index >= 15 is 0 Å². The van der Waals surface area contributed by atoms with E-state index in [4.69, 9.17) is 4.74 Å². The molecule has 1 amide bonds. The highest BCUT2D eigenvalue weighted by atomic mass is 16.5. The lowest BCUT2D eigenvalue weighted by molar-refractivity contribution is -0.120. The second kappa shape index (κ2) is 7.01. The van der Waals surface area contributed by atoms with Crippen molar-refractivity contribution in [2.45, 2.75) is 39.3 Å². The average Bonchev–Trinajstić information content (AvgIpc) is 2.46. The fraction of sp³-hybridized carbons (Fsp3) is 0.588. The van der Waals surface area contributed by atoms with Crippen molar-refractivity contribution in [3.63, 3.8) is 0 Å². The molecule has 1 aliphatic heterocycles. The molecule has 22 heavy (non-hydrogen) atoms. The lowest BCUT2D eigenvalue weighted by atomic mass is 10.0. The van der Waals surface area contributed by atoms with E-state index in [1.54, 1.807) is 0 Å². The number of ether oxygens (including phenoxy) is 1. The maximum Gasteiger partial charge on any atom is 0.239 e. The number of aliphatic hydroxyl groups excluding tert-OH is 1. The van der Waals surface area contributed by atoms with Gasteiger partial charge in [0.2, 0.25) is 5.91 Å². The molecule has 1 heterocycles. The third-order valence-electron chi connectivity index (χ3n) is 4.16. The number of nitrogens with zero attached hydrogens (tertiary/aromatic N) is 1. The van der Waals surface area contributed by atoms with Gasteiger partial charge in [0.05, 0.1) is 25.3 Å². The van der Waals surface area contributed by atoms with Crippen molar-refractivity contribution in [3.05, 3.63) is 23.8 Å². The summed E-state index contributed by atoms with van der Waals surface area (Å²) in [5, 5.41) is 12.2. The van der Waals surface area contributed by atoms with Gasteiger partial charge in [0, 0.05) is 18.8 Å². The average molecular weight is 306 g/mol. The number of anilines is 1. The fourth-order valence-electron chi connectivity index (χ4n) is 2.50. The molecule has 2 atom stereocenters. The van der Waals surface area contributed by atoms with Gasteiger partial charge in [-0.25, -0.2) is 0 Å². The molecule has 2 rings (SSSR count). The normalized spacial score (nSPS) is 20.0. The molecule has 0 spiro atoms. The standard InChI is InChI=1S/C17H26N2O3/c1-11(2)12(3)22-15-6-5-13-7-14(10-20)18-17(21)9-19(4)16(13)8-15/h5-6,8,11-12,14,20H,7,9-10H2,1-4H3,(H,18,21). The number of hydrogen-bond donors (Lipinski definition) is 2. The van der Waals surface area contributed by atoms with Gasteiger partial charge >= 0.3 is 0 Å². The Morgan fingerprint density at radius 1 is 1.41 bits per heavy atom. The van der Waals surface area contributed by atoms with Gasteiger partial charge < -0.3 is 20.1 Å². The van der Waals surface area contributed by atoms with Crippen molar-refractivity contribution >= 4 is 11.6 Å². The number of aliphatic hydroxyl groups is 1.